The van der Waals surface area contributed by atoms with E-state index in [4.69, 9.17) is 4.74 Å². The molecule has 0 aliphatic carbocycles. The number of nitrogens with one attached hydrogen (secondary N) is 2. The van der Waals surface area contributed by atoms with Gasteiger partial charge in [-0.3, -0.25) is 9.89 Å². The molecule has 0 aromatic heterocycles. The normalized spacial score (nSPS) is 20.8. The second-order valence-electron chi connectivity index (χ2n) is 5.14. The maximum atomic E-state index is 12.3. The van der Waals surface area contributed by atoms with E-state index < -0.39 is 12.7 Å². The van der Waals surface area contributed by atoms with Gasteiger partial charge >= 0.3 is 6.18 Å². The maximum absolute atomic E-state index is 12.3. The van der Waals surface area contributed by atoms with Gasteiger partial charge in [0, 0.05) is 33.3 Å². The molecule has 124 valence electrons. The first kappa shape index (κ1) is 18.0. The van der Waals surface area contributed by atoms with Crippen molar-refractivity contribution >= 4 is 5.96 Å². The van der Waals surface area contributed by atoms with Crippen LogP contribution in [0.1, 0.15) is 13.3 Å². The van der Waals surface area contributed by atoms with Crippen LogP contribution in [0, 0.1) is 5.92 Å². The van der Waals surface area contributed by atoms with Crippen molar-refractivity contribution in [3.05, 3.63) is 0 Å². The summed E-state index contributed by atoms with van der Waals surface area (Å²) >= 11 is 0. The minimum absolute atomic E-state index is 0.185. The maximum Gasteiger partial charge on any atom is 0.401 e. The van der Waals surface area contributed by atoms with E-state index in [-0.39, 0.29) is 5.92 Å². The molecule has 1 rings (SSSR count). The van der Waals surface area contributed by atoms with E-state index in [0.29, 0.717) is 38.7 Å². The Hall–Kier alpha value is -1.02. The molecule has 1 saturated heterocycles. The van der Waals surface area contributed by atoms with Gasteiger partial charge in [0.2, 0.25) is 0 Å². The van der Waals surface area contributed by atoms with Crippen LogP contribution in [0.25, 0.3) is 0 Å². The molecule has 0 aromatic carbocycles. The molecule has 0 bridgehead atoms. The minimum Gasteiger partial charge on any atom is -0.383 e. The molecule has 0 radical (unpaired) electrons. The molecule has 0 saturated carbocycles. The van der Waals surface area contributed by atoms with Gasteiger partial charge in [-0.15, -0.1) is 0 Å². The van der Waals surface area contributed by atoms with Crippen molar-refractivity contribution in [2.75, 3.05) is 53.0 Å². The van der Waals surface area contributed by atoms with Gasteiger partial charge in [0.25, 0.3) is 0 Å². The third-order valence-electron chi connectivity index (χ3n) is 3.22. The summed E-state index contributed by atoms with van der Waals surface area (Å²) in [4.78, 5) is 5.88. The Kier molecular flexibility index (Phi) is 7.81. The molecule has 21 heavy (non-hydrogen) atoms. The zero-order valence-electron chi connectivity index (χ0n) is 12.7. The van der Waals surface area contributed by atoms with Crippen LogP contribution in [-0.2, 0) is 4.74 Å². The Morgan fingerprint density at radius 1 is 1.38 bits per heavy atom. The summed E-state index contributed by atoms with van der Waals surface area (Å²) in [6.45, 7) is 4.60. The summed E-state index contributed by atoms with van der Waals surface area (Å²) < 4.78 is 41.9. The molecule has 8 heteroatoms. The number of nitrogens with zero attached hydrogens (tertiary/aromatic N) is 2. The van der Waals surface area contributed by atoms with Gasteiger partial charge in [-0.05, 0) is 25.8 Å². The lowest BCUT2D eigenvalue weighted by Gasteiger charge is -2.17. The summed E-state index contributed by atoms with van der Waals surface area (Å²) in [5.74, 6) is 0.869. The monoisotopic (exact) mass is 310 g/mol. The third-order valence-corrected chi connectivity index (χ3v) is 3.22. The van der Waals surface area contributed by atoms with E-state index in [0.717, 1.165) is 13.0 Å². The van der Waals surface area contributed by atoms with E-state index in [1.807, 2.05) is 6.92 Å². The van der Waals surface area contributed by atoms with Crippen LogP contribution in [0.15, 0.2) is 4.99 Å². The smallest absolute Gasteiger partial charge is 0.383 e. The van der Waals surface area contributed by atoms with Gasteiger partial charge in [0.15, 0.2) is 5.96 Å². The number of alkyl halides is 3. The van der Waals surface area contributed by atoms with Gasteiger partial charge in [-0.25, -0.2) is 0 Å². The van der Waals surface area contributed by atoms with Crippen molar-refractivity contribution < 1.29 is 17.9 Å². The van der Waals surface area contributed by atoms with Crippen LogP contribution in [-0.4, -0.2) is 70.0 Å². The minimum atomic E-state index is -4.12. The number of likely N-dealkylation sites (tertiary alicyclic amines) is 1. The third kappa shape index (κ3) is 8.11. The molecular weight excluding hydrogens is 285 g/mol. The Bertz CT molecular complexity index is 323. The molecule has 1 unspecified atom stereocenters. The Morgan fingerprint density at radius 2 is 2.14 bits per heavy atom. The van der Waals surface area contributed by atoms with Crippen molar-refractivity contribution in [1.29, 1.82) is 0 Å². The van der Waals surface area contributed by atoms with Crippen LogP contribution < -0.4 is 10.6 Å². The summed E-state index contributed by atoms with van der Waals surface area (Å²) in [6, 6.07) is 0. The second-order valence-corrected chi connectivity index (χ2v) is 5.14. The van der Waals surface area contributed by atoms with Crippen LogP contribution in [0.4, 0.5) is 13.2 Å². The summed E-state index contributed by atoms with van der Waals surface area (Å²) in [5, 5.41) is 6.22. The number of hydrogen-bond donors (Lipinski definition) is 2. The zero-order chi connectivity index (χ0) is 15.7. The molecule has 0 aromatic rings. The highest BCUT2D eigenvalue weighted by molar-refractivity contribution is 5.79. The number of methoxy groups -OCH3 is 1. The van der Waals surface area contributed by atoms with E-state index >= 15 is 0 Å². The van der Waals surface area contributed by atoms with E-state index in [1.165, 1.54) is 4.90 Å². The van der Waals surface area contributed by atoms with Crippen LogP contribution in [0.5, 0.6) is 0 Å². The van der Waals surface area contributed by atoms with Crippen molar-refractivity contribution in [2.45, 2.75) is 19.5 Å². The predicted octanol–water partition coefficient (Wildman–Crippen LogP) is 1.07. The fraction of sp³-hybridized carbons (Fsp3) is 0.923. The first-order valence-electron chi connectivity index (χ1n) is 7.24. The van der Waals surface area contributed by atoms with Crippen molar-refractivity contribution in [3.8, 4) is 0 Å². The van der Waals surface area contributed by atoms with E-state index in [9.17, 15) is 13.2 Å². The molecule has 1 fully saturated rings. The number of ether oxygens (including phenoxy) is 1. The summed E-state index contributed by atoms with van der Waals surface area (Å²) in [7, 11) is 1.62. The molecule has 1 atom stereocenters. The Morgan fingerprint density at radius 3 is 2.76 bits per heavy atom. The standard InChI is InChI=1S/C13H25F3N4O/c1-3-17-12(18-5-7-21-2)19-8-11-4-6-20(9-11)10-13(14,15)16/h11H,3-10H2,1-2H3,(H2,17,18,19). The van der Waals surface area contributed by atoms with Crippen molar-refractivity contribution in [2.24, 2.45) is 10.9 Å². The van der Waals surface area contributed by atoms with Crippen LogP contribution >= 0.6 is 0 Å². The molecule has 1 heterocycles. The lowest BCUT2D eigenvalue weighted by molar-refractivity contribution is -0.143. The highest BCUT2D eigenvalue weighted by Gasteiger charge is 2.34. The van der Waals surface area contributed by atoms with Crippen LogP contribution in [0.2, 0.25) is 0 Å². The van der Waals surface area contributed by atoms with Crippen molar-refractivity contribution in [3.63, 3.8) is 0 Å². The highest BCUT2D eigenvalue weighted by Crippen LogP contribution is 2.22. The number of aliphatic imine (C=N–C) groups is 1. The average Bonchev–Trinajstić information content (AvgIpc) is 2.81. The fourth-order valence-electron chi connectivity index (χ4n) is 2.29. The second kappa shape index (κ2) is 9.09. The lowest BCUT2D eigenvalue weighted by Crippen LogP contribution is -2.39. The SMILES string of the molecule is CCNC(=NCC1CCN(CC(F)(F)F)C1)NCCOC. The highest BCUT2D eigenvalue weighted by atomic mass is 19.4. The molecule has 0 spiro atoms. The number of hydrogen-bond acceptors (Lipinski definition) is 3. The van der Waals surface area contributed by atoms with Gasteiger partial charge in [0.05, 0.1) is 13.2 Å². The van der Waals surface area contributed by atoms with Crippen molar-refractivity contribution in [1.82, 2.24) is 15.5 Å². The summed E-state index contributed by atoms with van der Waals surface area (Å²) in [6.07, 6.45) is -3.36. The lowest BCUT2D eigenvalue weighted by atomic mass is 10.1. The fourth-order valence-corrected chi connectivity index (χ4v) is 2.29. The van der Waals surface area contributed by atoms with Gasteiger partial charge in [0.1, 0.15) is 0 Å². The molecule has 0 amide bonds. The first-order valence-corrected chi connectivity index (χ1v) is 7.24. The summed E-state index contributed by atoms with van der Waals surface area (Å²) in [5.41, 5.74) is 0. The van der Waals surface area contributed by atoms with Crippen LogP contribution in [0.3, 0.4) is 0 Å². The Balaban J connectivity index is 2.35. The molecule has 2 N–H and O–H groups in total. The number of guanidine groups is 1. The van der Waals surface area contributed by atoms with Gasteiger partial charge in [-0.1, -0.05) is 0 Å². The van der Waals surface area contributed by atoms with Gasteiger partial charge in [-0.2, -0.15) is 13.2 Å². The predicted molar refractivity (Wildman–Crippen MR) is 76.5 cm³/mol. The zero-order valence-corrected chi connectivity index (χ0v) is 12.7. The number of halogens is 3. The molecule has 1 aliphatic rings. The largest absolute Gasteiger partial charge is 0.401 e. The number of rotatable bonds is 7. The van der Waals surface area contributed by atoms with Gasteiger partial charge < -0.3 is 15.4 Å². The molecule has 5 nitrogen and oxygen atoms in total. The quantitative estimate of drug-likeness (QED) is 0.420. The van der Waals surface area contributed by atoms with E-state index in [1.54, 1.807) is 7.11 Å². The first-order chi connectivity index (χ1) is 9.94. The Labute approximate surface area is 123 Å². The average molecular weight is 310 g/mol. The topological polar surface area (TPSA) is 48.9 Å². The van der Waals surface area contributed by atoms with E-state index in [2.05, 4.69) is 15.6 Å². The molecule has 1 aliphatic heterocycles. The molecular formula is C13H25F3N4O.